The number of rotatable bonds is 3. The number of aromatic nitrogens is 4. The molecule has 0 saturated carbocycles. The summed E-state index contributed by atoms with van der Waals surface area (Å²) in [5.41, 5.74) is 3.23. The van der Waals surface area contributed by atoms with Gasteiger partial charge in [-0.3, -0.25) is 9.78 Å². The molecule has 0 unspecified atom stereocenters. The number of benzene rings is 1. The van der Waals surface area contributed by atoms with Crippen molar-refractivity contribution >= 4 is 5.91 Å². The van der Waals surface area contributed by atoms with Gasteiger partial charge in [-0.15, -0.1) is 0 Å². The molecule has 0 spiro atoms. The van der Waals surface area contributed by atoms with E-state index < -0.39 is 0 Å². The summed E-state index contributed by atoms with van der Waals surface area (Å²) in [4.78, 5) is 31.1. The highest BCUT2D eigenvalue weighted by molar-refractivity contribution is 5.94. The second-order valence-electron chi connectivity index (χ2n) is 6.26. The number of likely N-dealkylation sites (tertiary alicyclic amines) is 1. The average molecular weight is 333 g/mol. The predicted molar refractivity (Wildman–Crippen MR) is 93.8 cm³/mol. The van der Waals surface area contributed by atoms with Crippen LogP contribution in [-0.2, 0) is 0 Å². The average Bonchev–Trinajstić information content (AvgIpc) is 3.31. The van der Waals surface area contributed by atoms with Crippen molar-refractivity contribution in [1.29, 1.82) is 0 Å². The molecule has 0 aliphatic carbocycles. The molecule has 1 amide bonds. The van der Waals surface area contributed by atoms with Crippen molar-refractivity contribution in [1.82, 2.24) is 24.8 Å². The molecule has 4 rings (SSSR count). The number of carbonyl (C=O) groups excluding carboxylic acids is 1. The standard InChI is InChI=1S/C19H19N5O/c1-13-10-22-18(23-13)16-12-20-15(11-21-16)17-8-5-9-24(17)19(25)14-6-3-2-4-7-14/h2-4,6-7,10-12,17H,5,8-9H2,1H3,(H,22,23)/t17-/m0/s1. The van der Waals surface area contributed by atoms with Crippen molar-refractivity contribution < 1.29 is 4.79 Å². The molecule has 1 aliphatic heterocycles. The highest BCUT2D eigenvalue weighted by Crippen LogP contribution is 2.32. The van der Waals surface area contributed by atoms with Gasteiger partial charge in [0, 0.05) is 24.0 Å². The normalized spacial score (nSPS) is 17.0. The molecule has 1 atom stereocenters. The van der Waals surface area contributed by atoms with Crippen LogP contribution in [0.15, 0.2) is 48.9 Å². The lowest BCUT2D eigenvalue weighted by Gasteiger charge is -2.24. The first-order valence-electron chi connectivity index (χ1n) is 8.42. The molecule has 3 heterocycles. The fourth-order valence-corrected chi connectivity index (χ4v) is 3.24. The number of hydrogen-bond acceptors (Lipinski definition) is 4. The Bertz CT molecular complexity index is 872. The Balaban J connectivity index is 1.57. The van der Waals surface area contributed by atoms with E-state index in [0.717, 1.165) is 30.8 Å². The lowest BCUT2D eigenvalue weighted by atomic mass is 10.1. The Labute approximate surface area is 146 Å². The third-order valence-electron chi connectivity index (χ3n) is 4.49. The first kappa shape index (κ1) is 15.5. The topological polar surface area (TPSA) is 74.8 Å². The van der Waals surface area contributed by atoms with E-state index >= 15 is 0 Å². The zero-order valence-corrected chi connectivity index (χ0v) is 14.0. The van der Waals surface area contributed by atoms with E-state index in [1.165, 1.54) is 0 Å². The zero-order chi connectivity index (χ0) is 17.2. The minimum Gasteiger partial charge on any atom is -0.341 e. The van der Waals surface area contributed by atoms with Crippen LogP contribution in [0, 0.1) is 6.92 Å². The number of aryl methyl sites for hydroxylation is 1. The number of nitrogens with one attached hydrogen (secondary N) is 1. The molecule has 6 nitrogen and oxygen atoms in total. The quantitative estimate of drug-likeness (QED) is 0.799. The van der Waals surface area contributed by atoms with E-state index in [4.69, 9.17) is 0 Å². The number of carbonyl (C=O) groups is 1. The van der Waals surface area contributed by atoms with Crippen molar-refractivity contribution in [3.63, 3.8) is 0 Å². The van der Waals surface area contributed by atoms with Gasteiger partial charge in [-0.1, -0.05) is 18.2 Å². The Hall–Kier alpha value is -3.02. The van der Waals surface area contributed by atoms with Gasteiger partial charge < -0.3 is 9.88 Å². The van der Waals surface area contributed by atoms with Gasteiger partial charge in [-0.25, -0.2) is 9.97 Å². The summed E-state index contributed by atoms with van der Waals surface area (Å²) in [5, 5.41) is 0. The summed E-state index contributed by atoms with van der Waals surface area (Å²) in [6.45, 7) is 2.70. The molecule has 25 heavy (non-hydrogen) atoms. The van der Waals surface area contributed by atoms with Gasteiger partial charge in [0.25, 0.3) is 5.91 Å². The molecule has 1 aromatic carbocycles. The van der Waals surface area contributed by atoms with Crippen LogP contribution < -0.4 is 0 Å². The largest absolute Gasteiger partial charge is 0.341 e. The Kier molecular flexibility index (Phi) is 4.01. The number of H-pyrrole nitrogens is 1. The number of hydrogen-bond donors (Lipinski definition) is 1. The monoisotopic (exact) mass is 333 g/mol. The maximum absolute atomic E-state index is 12.8. The zero-order valence-electron chi connectivity index (χ0n) is 14.0. The fourth-order valence-electron chi connectivity index (χ4n) is 3.24. The van der Waals surface area contributed by atoms with E-state index in [1.807, 2.05) is 42.2 Å². The minimum atomic E-state index is -0.0207. The number of amides is 1. The van der Waals surface area contributed by atoms with Crippen molar-refractivity contribution in [2.24, 2.45) is 0 Å². The molecule has 6 heteroatoms. The van der Waals surface area contributed by atoms with Crippen LogP contribution in [-0.4, -0.2) is 37.3 Å². The molecule has 1 aliphatic rings. The third-order valence-corrected chi connectivity index (χ3v) is 4.49. The molecule has 1 N–H and O–H groups in total. The van der Waals surface area contributed by atoms with Gasteiger partial charge in [0.05, 0.1) is 24.1 Å². The Morgan fingerprint density at radius 1 is 1.12 bits per heavy atom. The first-order chi connectivity index (χ1) is 12.2. The van der Waals surface area contributed by atoms with E-state index in [1.54, 1.807) is 18.6 Å². The highest BCUT2D eigenvalue weighted by Gasteiger charge is 2.31. The first-order valence-corrected chi connectivity index (χ1v) is 8.42. The van der Waals surface area contributed by atoms with E-state index in [-0.39, 0.29) is 11.9 Å². The Morgan fingerprint density at radius 3 is 2.64 bits per heavy atom. The van der Waals surface area contributed by atoms with Crippen molar-refractivity contribution in [3.8, 4) is 11.5 Å². The smallest absolute Gasteiger partial charge is 0.254 e. The van der Waals surface area contributed by atoms with Gasteiger partial charge >= 0.3 is 0 Å². The number of imidazole rings is 1. The summed E-state index contributed by atoms with van der Waals surface area (Å²) in [7, 11) is 0. The maximum Gasteiger partial charge on any atom is 0.254 e. The van der Waals surface area contributed by atoms with Crippen LogP contribution in [0.5, 0.6) is 0 Å². The lowest BCUT2D eigenvalue weighted by Crippen LogP contribution is -2.31. The molecular formula is C19H19N5O. The molecule has 1 saturated heterocycles. The van der Waals surface area contributed by atoms with Crippen molar-refractivity contribution in [2.45, 2.75) is 25.8 Å². The highest BCUT2D eigenvalue weighted by atomic mass is 16.2. The second-order valence-corrected chi connectivity index (χ2v) is 6.26. The van der Waals surface area contributed by atoms with Gasteiger partial charge in [-0.05, 0) is 31.9 Å². The lowest BCUT2D eigenvalue weighted by molar-refractivity contribution is 0.0732. The summed E-state index contributed by atoms with van der Waals surface area (Å²) in [6.07, 6.45) is 7.13. The summed E-state index contributed by atoms with van der Waals surface area (Å²) >= 11 is 0. The number of nitrogens with zero attached hydrogens (tertiary/aromatic N) is 4. The van der Waals surface area contributed by atoms with E-state index in [9.17, 15) is 4.79 Å². The molecule has 1 fully saturated rings. The number of aromatic amines is 1. The van der Waals surface area contributed by atoms with Crippen LogP contribution in [0.4, 0.5) is 0 Å². The van der Waals surface area contributed by atoms with E-state index in [0.29, 0.717) is 17.1 Å². The van der Waals surface area contributed by atoms with Crippen LogP contribution in [0.25, 0.3) is 11.5 Å². The summed E-state index contributed by atoms with van der Waals surface area (Å²) in [6, 6.07) is 9.37. The predicted octanol–water partition coefficient (Wildman–Crippen LogP) is 3.15. The van der Waals surface area contributed by atoms with Gasteiger partial charge in [-0.2, -0.15) is 0 Å². The van der Waals surface area contributed by atoms with Crippen molar-refractivity contribution in [3.05, 3.63) is 65.9 Å². The maximum atomic E-state index is 12.8. The minimum absolute atomic E-state index is 0.0207. The third kappa shape index (κ3) is 3.03. The van der Waals surface area contributed by atoms with E-state index in [2.05, 4.69) is 19.9 Å². The van der Waals surface area contributed by atoms with Gasteiger partial charge in [0.1, 0.15) is 5.69 Å². The summed E-state index contributed by atoms with van der Waals surface area (Å²) < 4.78 is 0. The molecule has 3 aromatic rings. The van der Waals surface area contributed by atoms with Gasteiger partial charge in [0.15, 0.2) is 5.82 Å². The Morgan fingerprint density at radius 2 is 1.96 bits per heavy atom. The SMILES string of the molecule is Cc1cnc(-c2cnc([C@@H]3CCCN3C(=O)c3ccccc3)cn2)[nH]1. The second kappa shape index (κ2) is 6.47. The van der Waals surface area contributed by atoms with Crippen molar-refractivity contribution in [2.75, 3.05) is 6.54 Å². The van der Waals surface area contributed by atoms with Crippen LogP contribution >= 0.6 is 0 Å². The molecule has 126 valence electrons. The molecule has 0 radical (unpaired) electrons. The van der Waals surface area contributed by atoms with Crippen LogP contribution in [0.1, 0.15) is 40.6 Å². The molecule has 2 aromatic heterocycles. The molecule has 0 bridgehead atoms. The van der Waals surface area contributed by atoms with Crippen LogP contribution in [0.2, 0.25) is 0 Å². The summed E-state index contributed by atoms with van der Waals surface area (Å²) in [5.74, 6) is 0.760. The molecular weight excluding hydrogens is 314 g/mol. The van der Waals surface area contributed by atoms with Gasteiger partial charge in [0.2, 0.25) is 0 Å². The fraction of sp³-hybridized carbons (Fsp3) is 0.263. The van der Waals surface area contributed by atoms with Crippen LogP contribution in [0.3, 0.4) is 0 Å².